The Kier molecular flexibility index (Phi) is 3.38. The maximum Gasteiger partial charge on any atom is 0.119 e. The zero-order valence-corrected chi connectivity index (χ0v) is 10.3. The third-order valence-corrected chi connectivity index (χ3v) is 3.19. The normalized spacial score (nSPS) is 18.9. The third kappa shape index (κ3) is 2.44. The SMILES string of the molecule is COc1cccc(C(C)(O)C2=COCCC2)c1. The highest BCUT2D eigenvalue weighted by Gasteiger charge is 2.29. The van der Waals surface area contributed by atoms with E-state index in [-0.39, 0.29) is 0 Å². The van der Waals surface area contributed by atoms with Gasteiger partial charge in [-0.05, 0) is 37.5 Å². The third-order valence-electron chi connectivity index (χ3n) is 3.19. The van der Waals surface area contributed by atoms with Gasteiger partial charge in [0.2, 0.25) is 0 Å². The van der Waals surface area contributed by atoms with Crippen molar-refractivity contribution in [1.29, 1.82) is 0 Å². The van der Waals surface area contributed by atoms with Crippen LogP contribution in [0, 0.1) is 0 Å². The average molecular weight is 234 g/mol. The van der Waals surface area contributed by atoms with Crippen molar-refractivity contribution in [1.82, 2.24) is 0 Å². The molecule has 1 aliphatic heterocycles. The van der Waals surface area contributed by atoms with Crippen molar-refractivity contribution in [2.75, 3.05) is 13.7 Å². The first-order valence-electron chi connectivity index (χ1n) is 5.82. The lowest BCUT2D eigenvalue weighted by atomic mass is 9.85. The van der Waals surface area contributed by atoms with Gasteiger partial charge in [0.25, 0.3) is 0 Å². The molecule has 1 atom stereocenters. The van der Waals surface area contributed by atoms with Gasteiger partial charge in [-0.2, -0.15) is 0 Å². The number of rotatable bonds is 3. The Labute approximate surface area is 102 Å². The number of hydrogen-bond donors (Lipinski definition) is 1. The van der Waals surface area contributed by atoms with Gasteiger partial charge in [0.05, 0.1) is 20.0 Å². The highest BCUT2D eigenvalue weighted by molar-refractivity contribution is 5.37. The zero-order chi connectivity index (χ0) is 12.3. The largest absolute Gasteiger partial charge is 0.501 e. The van der Waals surface area contributed by atoms with Crippen molar-refractivity contribution in [3.8, 4) is 5.75 Å². The van der Waals surface area contributed by atoms with E-state index in [9.17, 15) is 5.11 Å². The van der Waals surface area contributed by atoms with E-state index in [0.29, 0.717) is 0 Å². The number of methoxy groups -OCH3 is 1. The second-order valence-corrected chi connectivity index (χ2v) is 4.42. The van der Waals surface area contributed by atoms with Crippen LogP contribution < -0.4 is 4.74 Å². The molecule has 0 saturated carbocycles. The Morgan fingerprint density at radius 1 is 1.41 bits per heavy atom. The Morgan fingerprint density at radius 3 is 2.88 bits per heavy atom. The second kappa shape index (κ2) is 4.80. The maximum absolute atomic E-state index is 10.6. The first kappa shape index (κ1) is 12.0. The summed E-state index contributed by atoms with van der Waals surface area (Å²) in [4.78, 5) is 0. The molecule has 0 bridgehead atoms. The number of benzene rings is 1. The van der Waals surface area contributed by atoms with Crippen molar-refractivity contribution >= 4 is 0 Å². The molecule has 0 aromatic heterocycles. The molecule has 17 heavy (non-hydrogen) atoms. The van der Waals surface area contributed by atoms with Gasteiger partial charge in [0.15, 0.2) is 0 Å². The molecular weight excluding hydrogens is 216 g/mol. The summed E-state index contributed by atoms with van der Waals surface area (Å²) in [5.74, 6) is 0.750. The summed E-state index contributed by atoms with van der Waals surface area (Å²) in [5, 5.41) is 10.6. The van der Waals surface area contributed by atoms with Gasteiger partial charge in [-0.25, -0.2) is 0 Å². The van der Waals surface area contributed by atoms with Gasteiger partial charge in [0.1, 0.15) is 11.4 Å². The summed E-state index contributed by atoms with van der Waals surface area (Å²) in [7, 11) is 1.62. The van der Waals surface area contributed by atoms with Crippen LogP contribution in [0.2, 0.25) is 0 Å². The minimum Gasteiger partial charge on any atom is -0.501 e. The van der Waals surface area contributed by atoms with Crippen molar-refractivity contribution < 1.29 is 14.6 Å². The molecule has 1 aliphatic rings. The fourth-order valence-electron chi connectivity index (χ4n) is 2.03. The van der Waals surface area contributed by atoms with Crippen LogP contribution in [0.25, 0.3) is 0 Å². The summed E-state index contributed by atoms with van der Waals surface area (Å²) < 4.78 is 10.5. The molecule has 1 aromatic rings. The second-order valence-electron chi connectivity index (χ2n) is 4.42. The predicted octanol–water partition coefficient (Wildman–Crippen LogP) is 2.60. The zero-order valence-electron chi connectivity index (χ0n) is 10.3. The van der Waals surface area contributed by atoms with Crippen LogP contribution in [0.1, 0.15) is 25.3 Å². The number of aliphatic hydroxyl groups is 1. The fourth-order valence-corrected chi connectivity index (χ4v) is 2.03. The lowest BCUT2D eigenvalue weighted by Crippen LogP contribution is -2.26. The minimum atomic E-state index is -0.991. The Morgan fingerprint density at radius 2 is 2.24 bits per heavy atom. The Bertz CT molecular complexity index is 421. The van der Waals surface area contributed by atoms with E-state index in [0.717, 1.165) is 36.3 Å². The maximum atomic E-state index is 10.6. The minimum absolute atomic E-state index is 0.734. The van der Waals surface area contributed by atoms with Crippen molar-refractivity contribution in [3.05, 3.63) is 41.7 Å². The molecule has 1 heterocycles. The lowest BCUT2D eigenvalue weighted by molar-refractivity contribution is 0.0783. The number of hydrogen-bond acceptors (Lipinski definition) is 3. The van der Waals surface area contributed by atoms with Crippen molar-refractivity contribution in [2.45, 2.75) is 25.4 Å². The Balaban J connectivity index is 2.32. The van der Waals surface area contributed by atoms with E-state index in [1.54, 1.807) is 20.3 Å². The summed E-state index contributed by atoms with van der Waals surface area (Å²) in [6, 6.07) is 7.51. The van der Waals surface area contributed by atoms with Crippen LogP contribution in [-0.2, 0) is 10.3 Å². The molecule has 1 N–H and O–H groups in total. The first-order chi connectivity index (χ1) is 8.14. The van der Waals surface area contributed by atoms with E-state index < -0.39 is 5.60 Å². The van der Waals surface area contributed by atoms with Crippen LogP contribution in [0.4, 0.5) is 0 Å². The van der Waals surface area contributed by atoms with Crippen molar-refractivity contribution in [3.63, 3.8) is 0 Å². The smallest absolute Gasteiger partial charge is 0.119 e. The highest BCUT2D eigenvalue weighted by Crippen LogP contribution is 2.34. The molecule has 0 aliphatic carbocycles. The van der Waals surface area contributed by atoms with Crippen LogP contribution >= 0.6 is 0 Å². The van der Waals surface area contributed by atoms with E-state index in [2.05, 4.69) is 0 Å². The molecule has 1 aromatic carbocycles. The van der Waals surface area contributed by atoms with E-state index >= 15 is 0 Å². The van der Waals surface area contributed by atoms with Gasteiger partial charge in [-0.15, -0.1) is 0 Å². The highest BCUT2D eigenvalue weighted by atomic mass is 16.5. The van der Waals surface area contributed by atoms with Gasteiger partial charge in [0, 0.05) is 5.57 Å². The molecule has 92 valence electrons. The molecule has 0 radical (unpaired) electrons. The van der Waals surface area contributed by atoms with Crippen LogP contribution in [0.15, 0.2) is 36.1 Å². The van der Waals surface area contributed by atoms with E-state index in [4.69, 9.17) is 9.47 Å². The monoisotopic (exact) mass is 234 g/mol. The lowest BCUT2D eigenvalue weighted by Gasteiger charge is -2.29. The molecule has 0 fully saturated rings. The summed E-state index contributed by atoms with van der Waals surface area (Å²) in [6.45, 7) is 2.53. The van der Waals surface area contributed by atoms with Gasteiger partial charge in [-0.3, -0.25) is 0 Å². The van der Waals surface area contributed by atoms with Crippen LogP contribution in [-0.4, -0.2) is 18.8 Å². The molecular formula is C14H18O3. The fraction of sp³-hybridized carbons (Fsp3) is 0.429. The molecule has 3 heteroatoms. The summed E-state index contributed by atoms with van der Waals surface area (Å²) in [6.07, 6.45) is 3.50. The van der Waals surface area contributed by atoms with Gasteiger partial charge in [-0.1, -0.05) is 12.1 Å². The van der Waals surface area contributed by atoms with Gasteiger partial charge >= 0.3 is 0 Å². The Hall–Kier alpha value is -1.48. The van der Waals surface area contributed by atoms with E-state index in [1.807, 2.05) is 24.3 Å². The van der Waals surface area contributed by atoms with Gasteiger partial charge < -0.3 is 14.6 Å². The van der Waals surface area contributed by atoms with Crippen LogP contribution in [0.5, 0.6) is 5.75 Å². The molecule has 3 nitrogen and oxygen atoms in total. The van der Waals surface area contributed by atoms with Crippen LogP contribution in [0.3, 0.4) is 0 Å². The summed E-state index contributed by atoms with van der Waals surface area (Å²) in [5.41, 5.74) is 0.750. The molecule has 0 spiro atoms. The average Bonchev–Trinajstić information content (AvgIpc) is 2.40. The van der Waals surface area contributed by atoms with E-state index in [1.165, 1.54) is 0 Å². The quantitative estimate of drug-likeness (QED) is 0.873. The molecule has 0 amide bonds. The summed E-state index contributed by atoms with van der Waals surface area (Å²) >= 11 is 0. The number of ether oxygens (including phenoxy) is 2. The van der Waals surface area contributed by atoms with Crippen molar-refractivity contribution in [2.24, 2.45) is 0 Å². The molecule has 2 rings (SSSR count). The molecule has 0 saturated heterocycles. The standard InChI is InChI=1S/C14H18O3/c1-14(15,12-6-4-8-17-10-12)11-5-3-7-13(9-11)16-2/h3,5,7,9-10,15H,4,6,8H2,1-2H3. The molecule has 1 unspecified atom stereocenters. The first-order valence-corrected chi connectivity index (χ1v) is 5.82. The topological polar surface area (TPSA) is 38.7 Å². The predicted molar refractivity (Wildman–Crippen MR) is 65.8 cm³/mol.